The van der Waals surface area contributed by atoms with Crippen LogP contribution in [0.1, 0.15) is 18.1 Å². The molecule has 3 nitrogen and oxygen atoms in total. The van der Waals surface area contributed by atoms with Gasteiger partial charge in [-0.2, -0.15) is 13.2 Å². The number of hydrogen-bond acceptors (Lipinski definition) is 2. The summed E-state index contributed by atoms with van der Waals surface area (Å²) in [6.07, 6.45) is -4.68. The van der Waals surface area contributed by atoms with Crippen LogP contribution in [0.3, 0.4) is 0 Å². The Hall–Kier alpha value is -1.99. The lowest BCUT2D eigenvalue weighted by molar-refractivity contribution is -0.188. The van der Waals surface area contributed by atoms with Crippen molar-refractivity contribution in [1.82, 2.24) is 4.90 Å². The summed E-state index contributed by atoms with van der Waals surface area (Å²) in [4.78, 5) is 12.9. The molecule has 158 valence electrons. The van der Waals surface area contributed by atoms with Crippen LogP contribution in [0, 0.1) is 0 Å². The SMILES string of the molecule is CC(Cc1ccc(O[Si](C)(C)C)cc1)N(Cc1ccccc1Cl)C(=O)C(F)(F)F. The summed E-state index contributed by atoms with van der Waals surface area (Å²) < 4.78 is 45.4. The van der Waals surface area contributed by atoms with Crippen molar-refractivity contribution in [3.63, 3.8) is 0 Å². The van der Waals surface area contributed by atoms with Crippen molar-refractivity contribution in [3.8, 4) is 5.75 Å². The van der Waals surface area contributed by atoms with Crippen LogP contribution < -0.4 is 4.43 Å². The summed E-state index contributed by atoms with van der Waals surface area (Å²) in [7, 11) is -1.74. The molecule has 0 saturated carbocycles. The minimum Gasteiger partial charge on any atom is -0.544 e. The van der Waals surface area contributed by atoms with Crippen LogP contribution in [0.5, 0.6) is 5.75 Å². The highest BCUT2D eigenvalue weighted by Gasteiger charge is 2.44. The molecule has 0 radical (unpaired) electrons. The summed E-state index contributed by atoms with van der Waals surface area (Å²) >= 11 is 6.09. The van der Waals surface area contributed by atoms with Crippen molar-refractivity contribution in [3.05, 3.63) is 64.7 Å². The van der Waals surface area contributed by atoms with Gasteiger partial charge in [-0.15, -0.1) is 0 Å². The van der Waals surface area contributed by atoms with E-state index in [4.69, 9.17) is 16.0 Å². The van der Waals surface area contributed by atoms with E-state index in [1.54, 1.807) is 31.2 Å². The van der Waals surface area contributed by atoms with Crippen molar-refractivity contribution in [2.45, 2.75) is 51.7 Å². The molecule has 8 heteroatoms. The Kier molecular flexibility index (Phi) is 7.40. The highest BCUT2D eigenvalue weighted by Crippen LogP contribution is 2.26. The maximum Gasteiger partial charge on any atom is 0.471 e. The molecule has 0 fully saturated rings. The van der Waals surface area contributed by atoms with Gasteiger partial charge < -0.3 is 9.33 Å². The lowest BCUT2D eigenvalue weighted by Gasteiger charge is -2.30. The third-order valence-electron chi connectivity index (χ3n) is 4.21. The lowest BCUT2D eigenvalue weighted by atomic mass is 10.0. The van der Waals surface area contributed by atoms with Crippen molar-refractivity contribution in [2.75, 3.05) is 0 Å². The van der Waals surface area contributed by atoms with E-state index in [-0.39, 0.29) is 13.0 Å². The van der Waals surface area contributed by atoms with Gasteiger partial charge in [-0.3, -0.25) is 4.79 Å². The van der Waals surface area contributed by atoms with Gasteiger partial charge in [0.05, 0.1) is 0 Å². The lowest BCUT2D eigenvalue weighted by Crippen LogP contribution is -2.46. The average molecular weight is 444 g/mol. The van der Waals surface area contributed by atoms with Gasteiger partial charge in [-0.25, -0.2) is 0 Å². The molecular formula is C21H25ClF3NO2Si. The Morgan fingerprint density at radius 1 is 1.10 bits per heavy atom. The number of amides is 1. The average Bonchev–Trinajstić information content (AvgIpc) is 2.60. The van der Waals surface area contributed by atoms with E-state index < -0.39 is 26.4 Å². The Bertz CT molecular complexity index is 835. The molecule has 29 heavy (non-hydrogen) atoms. The topological polar surface area (TPSA) is 29.5 Å². The summed E-state index contributed by atoms with van der Waals surface area (Å²) in [6.45, 7) is 7.60. The van der Waals surface area contributed by atoms with E-state index in [9.17, 15) is 18.0 Å². The molecule has 0 aliphatic heterocycles. The fraction of sp³-hybridized carbons (Fsp3) is 0.381. The van der Waals surface area contributed by atoms with Crippen molar-refractivity contribution >= 4 is 25.8 Å². The van der Waals surface area contributed by atoms with Crippen molar-refractivity contribution in [1.29, 1.82) is 0 Å². The van der Waals surface area contributed by atoms with E-state index in [2.05, 4.69) is 19.6 Å². The zero-order valence-electron chi connectivity index (χ0n) is 16.9. The highest BCUT2D eigenvalue weighted by atomic mass is 35.5. The Labute approximate surface area is 175 Å². The first-order valence-electron chi connectivity index (χ1n) is 9.26. The largest absolute Gasteiger partial charge is 0.544 e. The van der Waals surface area contributed by atoms with Crippen molar-refractivity contribution in [2.24, 2.45) is 0 Å². The van der Waals surface area contributed by atoms with Crippen LogP contribution in [0.4, 0.5) is 13.2 Å². The van der Waals surface area contributed by atoms with E-state index in [1.165, 1.54) is 0 Å². The predicted octanol–water partition coefficient (Wildman–Crippen LogP) is 6.08. The first kappa shape index (κ1) is 23.3. The van der Waals surface area contributed by atoms with Gasteiger partial charge in [0.1, 0.15) is 5.75 Å². The summed E-state index contributed by atoms with van der Waals surface area (Å²) in [5.74, 6) is -1.14. The number of hydrogen-bond donors (Lipinski definition) is 0. The van der Waals surface area contributed by atoms with Crippen LogP contribution in [-0.4, -0.2) is 31.3 Å². The standard InChI is InChI=1S/C21H25ClF3NO2Si/c1-15(13-16-9-11-18(12-10-16)28-29(2,3)4)26(20(27)21(23,24)25)14-17-7-5-6-8-19(17)22/h5-12,15H,13-14H2,1-4H3. The minimum atomic E-state index is -4.95. The molecule has 0 aromatic heterocycles. The van der Waals surface area contributed by atoms with Gasteiger partial charge in [0.2, 0.25) is 8.32 Å². The number of carbonyl (C=O) groups is 1. The van der Waals surface area contributed by atoms with Crippen LogP contribution in [0.2, 0.25) is 24.7 Å². The second kappa shape index (κ2) is 9.22. The minimum absolute atomic E-state index is 0.212. The highest BCUT2D eigenvalue weighted by molar-refractivity contribution is 6.70. The van der Waals surface area contributed by atoms with E-state index in [1.807, 2.05) is 24.3 Å². The molecule has 0 bridgehead atoms. The van der Waals surface area contributed by atoms with Crippen LogP contribution in [-0.2, 0) is 17.8 Å². The molecule has 2 aromatic rings. The molecule has 0 saturated heterocycles. The summed E-state index contributed by atoms with van der Waals surface area (Å²) in [6, 6.07) is 13.2. The van der Waals surface area contributed by atoms with E-state index in [0.29, 0.717) is 10.6 Å². The maximum atomic E-state index is 13.2. The molecule has 1 atom stereocenters. The molecular weight excluding hydrogens is 419 g/mol. The summed E-state index contributed by atoms with van der Waals surface area (Å²) in [5.41, 5.74) is 1.29. The molecule has 1 unspecified atom stereocenters. The second-order valence-electron chi connectivity index (χ2n) is 7.93. The number of halogens is 4. The molecule has 0 spiro atoms. The van der Waals surface area contributed by atoms with Gasteiger partial charge in [0.15, 0.2) is 0 Å². The van der Waals surface area contributed by atoms with Crippen LogP contribution >= 0.6 is 11.6 Å². The maximum absolute atomic E-state index is 13.2. The van der Waals surface area contributed by atoms with E-state index in [0.717, 1.165) is 16.2 Å². The van der Waals surface area contributed by atoms with Crippen LogP contribution in [0.25, 0.3) is 0 Å². The predicted molar refractivity (Wildman–Crippen MR) is 112 cm³/mol. The first-order chi connectivity index (χ1) is 13.4. The fourth-order valence-corrected chi connectivity index (χ4v) is 3.94. The Morgan fingerprint density at radius 3 is 2.21 bits per heavy atom. The number of rotatable bonds is 7. The van der Waals surface area contributed by atoms with Crippen LogP contribution in [0.15, 0.2) is 48.5 Å². The number of carbonyl (C=O) groups excluding carboxylic acids is 1. The summed E-state index contributed by atoms with van der Waals surface area (Å²) in [5, 5.41) is 0.326. The van der Waals surface area contributed by atoms with Gasteiger partial charge in [-0.1, -0.05) is 41.9 Å². The zero-order chi connectivity index (χ0) is 21.8. The molecule has 0 aliphatic carbocycles. The molecule has 0 aliphatic rings. The van der Waals surface area contributed by atoms with Gasteiger partial charge >= 0.3 is 12.1 Å². The van der Waals surface area contributed by atoms with Gasteiger partial charge in [0, 0.05) is 17.6 Å². The monoisotopic (exact) mass is 443 g/mol. The molecule has 0 N–H and O–H groups in total. The molecule has 2 aromatic carbocycles. The van der Waals surface area contributed by atoms with Gasteiger partial charge in [-0.05, 0) is 62.3 Å². The Morgan fingerprint density at radius 2 is 1.69 bits per heavy atom. The fourth-order valence-electron chi connectivity index (χ4n) is 2.90. The first-order valence-corrected chi connectivity index (χ1v) is 13.0. The number of benzene rings is 2. The van der Waals surface area contributed by atoms with Crippen molar-refractivity contribution < 1.29 is 22.4 Å². The Balaban J connectivity index is 2.20. The molecule has 2 rings (SSSR count). The molecule has 1 amide bonds. The number of nitrogens with zero attached hydrogens (tertiary/aromatic N) is 1. The second-order valence-corrected chi connectivity index (χ2v) is 12.8. The molecule has 0 heterocycles. The normalized spacial score (nSPS) is 13.1. The van der Waals surface area contributed by atoms with E-state index >= 15 is 0 Å². The smallest absolute Gasteiger partial charge is 0.471 e. The third-order valence-corrected chi connectivity index (χ3v) is 5.43. The zero-order valence-corrected chi connectivity index (χ0v) is 18.6. The third kappa shape index (κ3) is 7.08. The quantitative estimate of drug-likeness (QED) is 0.485. The van der Waals surface area contributed by atoms with Gasteiger partial charge in [0.25, 0.3) is 0 Å². The number of alkyl halides is 3.